The summed E-state index contributed by atoms with van der Waals surface area (Å²) >= 11 is 1.41. The van der Waals surface area contributed by atoms with E-state index in [1.165, 1.54) is 17.3 Å². The molecule has 8 heteroatoms. The first-order valence-electron chi connectivity index (χ1n) is 11.6. The molecule has 35 heavy (non-hydrogen) atoms. The molecule has 0 spiro atoms. The first-order chi connectivity index (χ1) is 17.1. The van der Waals surface area contributed by atoms with Crippen molar-refractivity contribution in [3.8, 4) is 22.6 Å². The third kappa shape index (κ3) is 4.99. The second kappa shape index (κ2) is 10.4. The van der Waals surface area contributed by atoms with Crippen LogP contribution in [0.15, 0.2) is 72.4 Å². The van der Waals surface area contributed by atoms with Gasteiger partial charge >= 0.3 is 0 Å². The summed E-state index contributed by atoms with van der Waals surface area (Å²) < 4.78 is 7.37. The molecule has 0 N–H and O–H groups in total. The quantitative estimate of drug-likeness (QED) is 0.281. The largest absolute Gasteiger partial charge is 0.378 e. The number of pyridine rings is 1. The Balaban J connectivity index is 1.52. The van der Waals surface area contributed by atoms with Crippen molar-refractivity contribution in [1.29, 1.82) is 0 Å². The van der Waals surface area contributed by atoms with Gasteiger partial charge in [0.15, 0.2) is 11.0 Å². The number of aromatic nitrogens is 4. The van der Waals surface area contributed by atoms with E-state index >= 15 is 0 Å². The number of para-hydroxylation sites is 1. The van der Waals surface area contributed by atoms with Crippen molar-refractivity contribution in [2.75, 3.05) is 32.1 Å². The van der Waals surface area contributed by atoms with E-state index in [-0.39, 0.29) is 5.91 Å². The number of hydrogen-bond acceptors (Lipinski definition) is 6. The van der Waals surface area contributed by atoms with Crippen LogP contribution in [-0.2, 0) is 16.1 Å². The maximum atomic E-state index is 12.7. The number of carbonyl (C=O) groups is 1. The van der Waals surface area contributed by atoms with Crippen LogP contribution in [0.2, 0.25) is 0 Å². The molecule has 4 aromatic rings. The Kier molecular flexibility index (Phi) is 6.92. The maximum absolute atomic E-state index is 12.7. The molecule has 0 unspecified atom stereocenters. The fourth-order valence-corrected chi connectivity index (χ4v) is 5.00. The summed E-state index contributed by atoms with van der Waals surface area (Å²) in [5.41, 5.74) is 4.97. The lowest BCUT2D eigenvalue weighted by atomic mass is 10.0. The van der Waals surface area contributed by atoms with E-state index in [4.69, 9.17) is 9.72 Å². The van der Waals surface area contributed by atoms with E-state index in [0.29, 0.717) is 43.8 Å². The van der Waals surface area contributed by atoms with E-state index in [1.54, 1.807) is 0 Å². The third-order valence-corrected chi connectivity index (χ3v) is 6.97. The minimum absolute atomic E-state index is 0.0871. The molecule has 1 saturated heterocycles. The number of carbonyl (C=O) groups excluding carboxylic acids is 1. The van der Waals surface area contributed by atoms with E-state index in [9.17, 15) is 4.79 Å². The molecule has 0 radical (unpaired) electrons. The van der Waals surface area contributed by atoms with Crippen molar-refractivity contribution in [1.82, 2.24) is 24.6 Å². The molecule has 1 aliphatic rings. The topological polar surface area (TPSA) is 73.1 Å². The Hall–Kier alpha value is -3.49. The average Bonchev–Trinajstić information content (AvgIpc) is 3.30. The number of allylic oxidation sites excluding steroid dienone is 1. The van der Waals surface area contributed by atoms with E-state index in [1.807, 2.05) is 33.7 Å². The van der Waals surface area contributed by atoms with Crippen LogP contribution in [0.1, 0.15) is 5.56 Å². The maximum Gasteiger partial charge on any atom is 0.233 e. The predicted molar refractivity (Wildman–Crippen MR) is 139 cm³/mol. The van der Waals surface area contributed by atoms with Gasteiger partial charge in [-0.15, -0.1) is 16.8 Å². The highest BCUT2D eigenvalue weighted by Crippen LogP contribution is 2.33. The van der Waals surface area contributed by atoms with Gasteiger partial charge in [0.2, 0.25) is 5.91 Å². The molecule has 0 bridgehead atoms. The number of hydrogen-bond donors (Lipinski definition) is 0. The molecular formula is C27H27N5O2S. The standard InChI is InChI=1S/C27H27N5O2S/c1-3-12-32-26(29-30-27(32)35-18-25(33)31-13-15-34-16-14-31)22-17-24(20-10-8-19(2)9-11-20)28-23-7-5-4-6-21(22)23/h3-11,17H,1,12-16,18H2,2H3. The van der Waals surface area contributed by atoms with Crippen LogP contribution in [0.5, 0.6) is 0 Å². The second-order valence-corrected chi connectivity index (χ2v) is 9.37. The van der Waals surface area contributed by atoms with Crippen LogP contribution in [-0.4, -0.2) is 62.6 Å². The van der Waals surface area contributed by atoms with Crippen LogP contribution < -0.4 is 0 Å². The first kappa shape index (κ1) is 23.3. The number of thioether (sulfide) groups is 1. The summed E-state index contributed by atoms with van der Waals surface area (Å²) in [5.74, 6) is 1.13. The molecule has 7 nitrogen and oxygen atoms in total. The lowest BCUT2D eigenvalue weighted by Gasteiger charge is -2.26. The fraction of sp³-hybridized carbons (Fsp3) is 0.259. The van der Waals surface area contributed by atoms with Gasteiger partial charge in [0.25, 0.3) is 0 Å². The Morgan fingerprint density at radius 2 is 1.89 bits per heavy atom. The number of morpholine rings is 1. The SMILES string of the molecule is C=CCn1c(SCC(=O)N2CCOCC2)nnc1-c1cc(-c2ccc(C)cc2)nc2ccccc12. The summed E-state index contributed by atoms with van der Waals surface area (Å²) in [6.45, 7) is 8.98. The van der Waals surface area contributed by atoms with Gasteiger partial charge in [-0.25, -0.2) is 4.98 Å². The summed E-state index contributed by atoms with van der Waals surface area (Å²) in [4.78, 5) is 19.4. The van der Waals surface area contributed by atoms with Crippen molar-refractivity contribution < 1.29 is 9.53 Å². The Bertz CT molecular complexity index is 1360. The smallest absolute Gasteiger partial charge is 0.233 e. The van der Waals surface area contributed by atoms with Crippen LogP contribution in [0.4, 0.5) is 0 Å². The van der Waals surface area contributed by atoms with Gasteiger partial charge in [0.05, 0.1) is 30.2 Å². The van der Waals surface area contributed by atoms with Crippen molar-refractivity contribution in [2.24, 2.45) is 0 Å². The molecule has 1 fully saturated rings. The molecule has 0 aliphatic carbocycles. The lowest BCUT2D eigenvalue weighted by molar-refractivity contribution is -0.132. The molecule has 178 valence electrons. The minimum atomic E-state index is 0.0871. The molecule has 3 heterocycles. The highest BCUT2D eigenvalue weighted by Gasteiger charge is 2.21. The Labute approximate surface area is 208 Å². The van der Waals surface area contributed by atoms with Gasteiger partial charge < -0.3 is 9.64 Å². The molecule has 2 aromatic carbocycles. The number of amides is 1. The molecule has 0 atom stereocenters. The van der Waals surface area contributed by atoms with Crippen LogP contribution in [0.3, 0.4) is 0 Å². The van der Waals surface area contributed by atoms with Crippen molar-refractivity contribution in [3.63, 3.8) is 0 Å². The zero-order valence-corrected chi connectivity index (χ0v) is 20.5. The van der Waals surface area contributed by atoms with Crippen molar-refractivity contribution in [2.45, 2.75) is 18.6 Å². The molecule has 1 amide bonds. The van der Waals surface area contributed by atoms with Gasteiger partial charge in [-0.3, -0.25) is 9.36 Å². The second-order valence-electron chi connectivity index (χ2n) is 8.43. The fourth-order valence-electron chi connectivity index (χ4n) is 4.15. The molecule has 2 aromatic heterocycles. The number of fused-ring (bicyclic) bond motifs is 1. The zero-order chi connectivity index (χ0) is 24.2. The number of aryl methyl sites for hydroxylation is 1. The number of rotatable bonds is 7. The van der Waals surface area contributed by atoms with Crippen molar-refractivity contribution >= 4 is 28.6 Å². The van der Waals surface area contributed by atoms with E-state index in [2.05, 4.69) is 60.1 Å². The predicted octanol–water partition coefficient (Wildman–Crippen LogP) is 4.61. The van der Waals surface area contributed by atoms with Crippen LogP contribution in [0.25, 0.3) is 33.5 Å². The summed E-state index contributed by atoms with van der Waals surface area (Å²) in [5, 5.41) is 10.7. The molecular weight excluding hydrogens is 458 g/mol. The summed E-state index contributed by atoms with van der Waals surface area (Å²) in [6, 6.07) is 18.5. The lowest BCUT2D eigenvalue weighted by Crippen LogP contribution is -2.41. The van der Waals surface area contributed by atoms with Gasteiger partial charge in [0, 0.05) is 36.1 Å². The Morgan fingerprint density at radius 3 is 2.66 bits per heavy atom. The number of benzene rings is 2. The summed E-state index contributed by atoms with van der Waals surface area (Å²) in [7, 11) is 0. The highest BCUT2D eigenvalue weighted by atomic mass is 32.2. The molecule has 1 aliphatic heterocycles. The van der Waals surface area contributed by atoms with Gasteiger partial charge in [-0.05, 0) is 19.1 Å². The van der Waals surface area contributed by atoms with E-state index < -0.39 is 0 Å². The number of ether oxygens (including phenoxy) is 1. The van der Waals surface area contributed by atoms with Crippen LogP contribution in [0, 0.1) is 6.92 Å². The monoisotopic (exact) mass is 485 g/mol. The van der Waals surface area contributed by atoms with Gasteiger partial charge in [0.1, 0.15) is 0 Å². The summed E-state index contributed by atoms with van der Waals surface area (Å²) in [6.07, 6.45) is 1.82. The minimum Gasteiger partial charge on any atom is -0.378 e. The third-order valence-electron chi connectivity index (χ3n) is 6.02. The van der Waals surface area contributed by atoms with Gasteiger partial charge in [-0.1, -0.05) is 65.9 Å². The molecule has 0 saturated carbocycles. The number of nitrogens with zero attached hydrogens (tertiary/aromatic N) is 5. The normalized spacial score (nSPS) is 13.8. The average molecular weight is 486 g/mol. The van der Waals surface area contributed by atoms with Crippen LogP contribution >= 0.6 is 11.8 Å². The zero-order valence-electron chi connectivity index (χ0n) is 19.7. The first-order valence-corrected chi connectivity index (χ1v) is 12.6. The van der Waals surface area contributed by atoms with Gasteiger partial charge in [-0.2, -0.15) is 0 Å². The highest BCUT2D eigenvalue weighted by molar-refractivity contribution is 7.99. The van der Waals surface area contributed by atoms with E-state index in [0.717, 1.165) is 33.5 Å². The Morgan fingerprint density at radius 1 is 1.11 bits per heavy atom. The molecule has 5 rings (SSSR count). The van der Waals surface area contributed by atoms with Crippen molar-refractivity contribution in [3.05, 3.63) is 72.8 Å².